The molecule has 131 heavy (non-hydrogen) atoms. The molecule has 20 fully saturated rings. The van der Waals surface area contributed by atoms with Crippen molar-refractivity contribution >= 4 is 54.3 Å². The van der Waals surface area contributed by atoms with Gasteiger partial charge in [-0.1, -0.05) is 34.1 Å². The van der Waals surface area contributed by atoms with E-state index in [9.17, 15) is 48.0 Å². The standard InChI is InChI=1S/2C28H48N2O4S.C27H45NO3.C27H45NO2/c2*1-27-11-9-22-21-10-12-28(32,19-34-2)17-20(21)5-6-23(22)24(27)7-8-25(27)26(31)18-29-13-15-30(16-14-29)35(3,4)33;1-17-14-28(15-18(2)31-17)16-25(29)24-8-7-23-22-6-5-19-13-26(3,30)11-9-20(19)21(22)10-12-27(23,24)4;1-18-6-4-5-15-28(18)17-25(29)24-10-9-23-22-8-7-19-16-26(2,30)13-11-20(19)21(22)12-14-27(23,24)3/h2*20-25,32H,3,5-19H2,1-2,4H3;17-24,30H,5-16H2,1-4H3;18-24,30H,4-17H2,1-3H3/t2*20-,21-,22+,23+,24-,25+,27-,28+,35?;17-,18-,19+,20-,21+,22+,23-,24+,26+,27-;18-,19+,20+,21-,22-,23+,24-,26-,27+/m0001/s1. The third-order valence-electron chi connectivity index (χ3n) is 43.8. The number of Topliss-reactive ketones (excluding diaryl/α,β-unsaturated/α-hetero) is 4. The molecular weight excluding hydrogens is 1680 g/mol. The Morgan fingerprint density at radius 1 is 0.344 bits per heavy atom. The second-order valence-electron chi connectivity index (χ2n) is 51.7. The maximum atomic E-state index is 13.6. The number of methoxy groups -OCH3 is 2. The average molecular weight is 1860 g/mol. The zero-order valence-electron chi connectivity index (χ0n) is 84.6. The van der Waals surface area contributed by atoms with Crippen LogP contribution >= 0.6 is 0 Å². The van der Waals surface area contributed by atoms with E-state index in [1.54, 1.807) is 26.7 Å². The fourth-order valence-electron chi connectivity index (χ4n) is 37.7. The Labute approximate surface area is 795 Å². The number of carbonyl (C=O) groups excluding carboxylic acids is 4. The zero-order valence-corrected chi connectivity index (χ0v) is 86.2. The summed E-state index contributed by atoms with van der Waals surface area (Å²) in [4.78, 5) is 63.7. The molecule has 0 spiro atoms. The molecule has 2 unspecified atom stereocenters. The van der Waals surface area contributed by atoms with Crippen LogP contribution < -0.4 is 0 Å². The van der Waals surface area contributed by atoms with Crippen molar-refractivity contribution in [2.75, 3.05) is 138 Å². The summed E-state index contributed by atoms with van der Waals surface area (Å²) < 4.78 is 45.0. The molecule has 0 aromatic carbocycles. The molecule has 20 aliphatic rings. The predicted molar refractivity (Wildman–Crippen MR) is 527 cm³/mol. The number of ketones is 4. The molecule has 4 saturated heterocycles. The number of morpholine rings is 1. The number of ether oxygens (including phenoxy) is 3. The molecule has 0 aromatic heterocycles. The van der Waals surface area contributed by atoms with Crippen molar-refractivity contribution in [1.29, 1.82) is 0 Å². The largest absolute Gasteiger partial charge is 0.390 e. The summed E-state index contributed by atoms with van der Waals surface area (Å²) in [6.45, 7) is 33.0. The molecule has 746 valence electrons. The van der Waals surface area contributed by atoms with E-state index in [2.05, 4.69) is 93.7 Å². The topological polar surface area (TPSA) is 230 Å². The Bertz CT molecular complexity index is 4030. The molecule has 16 aliphatic carbocycles. The predicted octanol–water partition coefficient (Wildman–Crippen LogP) is 16.3. The first-order valence-corrected chi connectivity index (χ1v) is 58.9. The number of hydrogen-bond acceptors (Lipinski definition) is 17. The monoisotopic (exact) mass is 1860 g/mol. The Kier molecular flexibility index (Phi) is 30.6. The molecular formula is C110H186N6O13S2. The number of carbonyl (C=O) groups is 4. The summed E-state index contributed by atoms with van der Waals surface area (Å²) >= 11 is 0. The van der Waals surface area contributed by atoms with Gasteiger partial charge in [0, 0.05) is 141 Å². The van der Waals surface area contributed by atoms with E-state index in [4.69, 9.17) is 14.2 Å². The van der Waals surface area contributed by atoms with Gasteiger partial charge in [0.2, 0.25) is 0 Å². The van der Waals surface area contributed by atoms with Gasteiger partial charge >= 0.3 is 0 Å². The number of hydrogen-bond donors (Lipinski definition) is 4. The van der Waals surface area contributed by atoms with Crippen molar-refractivity contribution in [2.24, 2.45) is 164 Å². The van der Waals surface area contributed by atoms with Crippen LogP contribution in [0.15, 0.2) is 0 Å². The minimum absolute atomic E-state index is 0.156. The van der Waals surface area contributed by atoms with Crippen molar-refractivity contribution < 1.29 is 62.2 Å². The van der Waals surface area contributed by atoms with Gasteiger partial charge < -0.3 is 34.6 Å². The average Bonchev–Trinajstić information content (AvgIpc) is 1.60. The van der Waals surface area contributed by atoms with Gasteiger partial charge in [-0.15, -0.1) is 0 Å². The van der Waals surface area contributed by atoms with E-state index in [1.165, 1.54) is 161 Å². The van der Waals surface area contributed by atoms with E-state index >= 15 is 0 Å². The van der Waals surface area contributed by atoms with Crippen LogP contribution in [0.2, 0.25) is 0 Å². The van der Waals surface area contributed by atoms with Gasteiger partial charge in [-0.2, -0.15) is 0 Å². The molecule has 0 bridgehead atoms. The van der Waals surface area contributed by atoms with Crippen molar-refractivity contribution in [2.45, 2.75) is 353 Å². The SMILES string of the molecule is C=S(C)(=O)N1CCN(CC(=O)[C@H]2CC[C@H]3[C@@H]4CC[C@H]5C[C@@](O)(COC)CC[C@@H]5[C@H]4CC[C@]23C)CC1.C=S(C)(=O)N1CCN(CC(=O)[C@H]2CC[C@H]3[C@@H]4CC[C@H]5C[C@@](O)(COC)CC[C@@H]5[C@H]4CC[C@]23C)CC1.C[C@@H]1CCCCN1CC(=O)[C@H]1CC[C@H]2[C@@H]3CC[C@H]4C[C@](C)(O)CC[C@@H]4[C@H]3CC[C@]12C.C[C@H]1CN(CC(=O)[C@H]2CC[C@H]3[C@@H]4CC[C@@H]5C[C@](C)(O)CC[C@@H]5[C@H]4CC[C@]23C)C[C@H](C)O1. The van der Waals surface area contributed by atoms with Gasteiger partial charge in [-0.05, 0) is 437 Å². The smallest absolute Gasteiger partial charge is 0.150 e. The number of likely N-dealkylation sites (tertiary alicyclic amines) is 1. The molecule has 19 nitrogen and oxygen atoms in total. The summed E-state index contributed by atoms with van der Waals surface area (Å²) in [5, 5.41) is 43.2. The number of fused-ring (bicyclic) bond motifs is 20. The van der Waals surface area contributed by atoms with Crippen molar-refractivity contribution in [3.05, 3.63) is 0 Å². The van der Waals surface area contributed by atoms with Crippen LogP contribution in [0.4, 0.5) is 0 Å². The van der Waals surface area contributed by atoms with Gasteiger partial charge in [-0.25, -0.2) is 8.61 Å². The summed E-state index contributed by atoms with van der Waals surface area (Å²) in [5.74, 6) is 25.9. The summed E-state index contributed by atoms with van der Waals surface area (Å²) in [7, 11) is -0.892. The van der Waals surface area contributed by atoms with Gasteiger partial charge in [0.05, 0.1) is 74.0 Å². The van der Waals surface area contributed by atoms with E-state index in [1.807, 2.05) is 8.61 Å². The van der Waals surface area contributed by atoms with Crippen LogP contribution in [-0.4, -0.2) is 271 Å². The number of piperidine rings is 1. The highest BCUT2D eigenvalue weighted by molar-refractivity contribution is 7.97. The molecule has 0 radical (unpaired) electrons. The van der Waals surface area contributed by atoms with E-state index in [0.29, 0.717) is 98.2 Å². The first-order valence-electron chi connectivity index (χ1n) is 54.7. The molecule has 4 heterocycles. The minimum Gasteiger partial charge on any atom is -0.390 e. The molecule has 21 heteroatoms. The van der Waals surface area contributed by atoms with Gasteiger partial charge in [0.1, 0.15) is 23.1 Å². The molecule has 4 aliphatic heterocycles. The Balaban J connectivity index is 0.000000122. The molecule has 20 rings (SSSR count). The lowest BCUT2D eigenvalue weighted by atomic mass is 9.49. The lowest BCUT2D eigenvalue weighted by molar-refractivity contribution is -0.137. The molecule has 0 aromatic rings. The van der Waals surface area contributed by atoms with Crippen LogP contribution in [0.5, 0.6) is 0 Å². The zero-order chi connectivity index (χ0) is 93.1. The number of piperazine rings is 2. The van der Waals surface area contributed by atoms with Crippen molar-refractivity contribution in [1.82, 2.24) is 28.2 Å². The van der Waals surface area contributed by atoms with Gasteiger partial charge in [0.25, 0.3) is 0 Å². The third kappa shape index (κ3) is 20.8. The normalized spacial score (nSPS) is 49.1. The van der Waals surface area contributed by atoms with Gasteiger partial charge in [0.15, 0.2) is 0 Å². The first-order chi connectivity index (χ1) is 62.0. The Morgan fingerprint density at radius 3 is 0.954 bits per heavy atom. The minimum atomic E-state index is -2.15. The summed E-state index contributed by atoms with van der Waals surface area (Å²) in [5.41, 5.74) is -1.32. The Morgan fingerprint density at radius 2 is 0.641 bits per heavy atom. The lowest BCUT2D eigenvalue weighted by Crippen LogP contribution is -2.53. The maximum Gasteiger partial charge on any atom is 0.150 e. The van der Waals surface area contributed by atoms with Crippen molar-refractivity contribution in [3.63, 3.8) is 0 Å². The quantitative estimate of drug-likeness (QED) is 0.0935. The second kappa shape index (κ2) is 39.8. The third-order valence-corrected chi connectivity index (χ3v) is 46.7. The molecule has 16 saturated carbocycles. The molecule has 37 atom stereocenters. The van der Waals surface area contributed by atoms with Crippen LogP contribution in [0, 0.1) is 164 Å². The van der Waals surface area contributed by atoms with Gasteiger partial charge in [-0.3, -0.25) is 47.2 Å². The summed E-state index contributed by atoms with van der Waals surface area (Å²) in [6.07, 6.45) is 49.8. The number of rotatable bonds is 18. The second-order valence-corrected chi connectivity index (χ2v) is 56.6. The van der Waals surface area contributed by atoms with Crippen LogP contribution in [-0.2, 0) is 52.8 Å². The van der Waals surface area contributed by atoms with Crippen LogP contribution in [0.25, 0.3) is 0 Å². The fourth-order valence-corrected chi connectivity index (χ4v) is 39.5. The van der Waals surface area contributed by atoms with Crippen LogP contribution in [0.3, 0.4) is 0 Å². The maximum absolute atomic E-state index is 13.6. The first kappa shape index (κ1) is 101. The van der Waals surface area contributed by atoms with E-state index < -0.39 is 41.8 Å². The number of nitrogens with zero attached hydrogens (tertiary/aromatic N) is 6. The Hall–Kier alpha value is -1.80. The van der Waals surface area contributed by atoms with Crippen molar-refractivity contribution in [3.8, 4) is 0 Å². The summed E-state index contributed by atoms with van der Waals surface area (Å²) in [6, 6.07) is 0.585. The fraction of sp³-hybridized carbons (Fsp3) is 0.945. The highest BCUT2D eigenvalue weighted by atomic mass is 32.2. The molecule has 4 N–H and O–H groups in total. The van der Waals surface area contributed by atoms with Crippen LogP contribution in [0.1, 0.15) is 313 Å². The lowest BCUT2D eigenvalue weighted by Gasteiger charge is -2.57. The van der Waals surface area contributed by atoms with E-state index in [0.717, 1.165) is 257 Å². The highest BCUT2D eigenvalue weighted by Crippen LogP contribution is 2.70. The highest BCUT2D eigenvalue weighted by Gasteiger charge is 2.65. The van der Waals surface area contributed by atoms with E-state index in [-0.39, 0.29) is 51.6 Å². The molecule has 0 amide bonds. The number of aliphatic hydroxyl groups is 4.